The van der Waals surface area contributed by atoms with Gasteiger partial charge in [0.1, 0.15) is 0 Å². The van der Waals surface area contributed by atoms with E-state index in [-0.39, 0.29) is 19.5 Å². The molecule has 0 saturated heterocycles. The molecule has 0 aliphatic rings. The number of aliphatic carboxylic acids is 2. The minimum absolute atomic E-state index is 0. The maximum absolute atomic E-state index is 9.40. The predicted molar refractivity (Wildman–Crippen MR) is 39.6 cm³/mol. The summed E-state index contributed by atoms with van der Waals surface area (Å²) in [6, 6.07) is 0. The first-order chi connectivity index (χ1) is 5.54. The van der Waals surface area contributed by atoms with Gasteiger partial charge in [-0.2, -0.15) is 0 Å². The summed E-state index contributed by atoms with van der Waals surface area (Å²) in [5.74, 6) is -2.28. The van der Waals surface area contributed by atoms with Gasteiger partial charge in [0.25, 0.3) is 0 Å². The van der Waals surface area contributed by atoms with Gasteiger partial charge in [-0.05, 0) is 26.0 Å². The Morgan fingerprint density at radius 2 is 1.15 bits per heavy atom. The van der Waals surface area contributed by atoms with Crippen LogP contribution in [0.25, 0.3) is 0 Å². The number of carbonyl (C=O) groups excluding carboxylic acids is 2. The van der Waals surface area contributed by atoms with Crippen molar-refractivity contribution in [1.82, 2.24) is 0 Å². The van der Waals surface area contributed by atoms with E-state index in [2.05, 4.69) is 0 Å². The number of carbonyl (C=O) groups is 2. The van der Waals surface area contributed by atoms with Crippen molar-refractivity contribution >= 4 is 11.9 Å². The minimum Gasteiger partial charge on any atom is -0.545 e. The smallest absolute Gasteiger partial charge is 0.545 e. The van der Waals surface area contributed by atoms with Gasteiger partial charge in [0.05, 0.1) is 11.9 Å². The van der Waals surface area contributed by atoms with E-state index in [1.165, 1.54) is 12.2 Å². The molecule has 0 radical (unpaired) electrons. The maximum Gasteiger partial charge on any atom is 2.00 e. The molecule has 68 valence electrons. The second-order valence-electron chi connectivity index (χ2n) is 1.64. The SMILES string of the molecule is C/C=C/C(=O)[O-].C/C=C/C(=O)[O-].[Zn+2]. The molecular formula is C8H10O4Zn. The van der Waals surface area contributed by atoms with Crippen molar-refractivity contribution in [3.05, 3.63) is 24.3 Å². The first kappa shape index (κ1) is 18.0. The third kappa shape index (κ3) is 35.5. The minimum atomic E-state index is -1.14. The summed E-state index contributed by atoms with van der Waals surface area (Å²) in [5.41, 5.74) is 0. The van der Waals surface area contributed by atoms with Crippen molar-refractivity contribution in [3.8, 4) is 0 Å². The topological polar surface area (TPSA) is 80.3 Å². The number of hydrogen-bond donors (Lipinski definition) is 0. The average Bonchev–Trinajstić information content (AvgIpc) is 1.87. The van der Waals surface area contributed by atoms with E-state index >= 15 is 0 Å². The van der Waals surface area contributed by atoms with Crippen molar-refractivity contribution in [3.63, 3.8) is 0 Å². The zero-order chi connectivity index (χ0) is 9.98. The Morgan fingerprint density at radius 3 is 1.15 bits per heavy atom. The van der Waals surface area contributed by atoms with Gasteiger partial charge in [-0.15, -0.1) is 0 Å². The van der Waals surface area contributed by atoms with Gasteiger partial charge in [-0.25, -0.2) is 0 Å². The van der Waals surface area contributed by atoms with Crippen LogP contribution in [0.4, 0.5) is 0 Å². The van der Waals surface area contributed by atoms with Gasteiger partial charge in [-0.3, -0.25) is 0 Å². The standard InChI is InChI=1S/2C4H6O2.Zn/c2*1-2-3-4(5)6;/h2*2-3H,1H3,(H,5,6);/q;;+2/p-2/b2*3-2+;. The second-order valence-corrected chi connectivity index (χ2v) is 1.64. The molecule has 0 amide bonds. The molecular weight excluding hydrogens is 225 g/mol. The number of carboxylic acid groups (broad SMARTS) is 2. The molecule has 0 aromatic rings. The number of hydrogen-bond acceptors (Lipinski definition) is 4. The van der Waals surface area contributed by atoms with E-state index < -0.39 is 11.9 Å². The largest absolute Gasteiger partial charge is 2.00 e. The van der Waals surface area contributed by atoms with Crippen LogP contribution in [0.3, 0.4) is 0 Å². The predicted octanol–water partition coefficient (Wildman–Crippen LogP) is -1.38. The molecule has 4 nitrogen and oxygen atoms in total. The summed E-state index contributed by atoms with van der Waals surface area (Å²) in [6.07, 6.45) is 4.77. The van der Waals surface area contributed by atoms with E-state index in [1.54, 1.807) is 13.8 Å². The van der Waals surface area contributed by atoms with Crippen molar-refractivity contribution in [1.29, 1.82) is 0 Å². The Morgan fingerprint density at radius 1 is 0.923 bits per heavy atom. The molecule has 13 heavy (non-hydrogen) atoms. The summed E-state index contributed by atoms with van der Waals surface area (Å²) >= 11 is 0. The van der Waals surface area contributed by atoms with Crippen molar-refractivity contribution in [2.45, 2.75) is 13.8 Å². The quantitative estimate of drug-likeness (QED) is 0.437. The molecule has 0 aliphatic carbocycles. The van der Waals surface area contributed by atoms with Crippen molar-refractivity contribution < 1.29 is 39.3 Å². The summed E-state index contributed by atoms with van der Waals surface area (Å²) < 4.78 is 0. The molecule has 0 aromatic heterocycles. The molecule has 0 bridgehead atoms. The molecule has 5 heteroatoms. The van der Waals surface area contributed by atoms with Gasteiger partial charge in [-0.1, -0.05) is 12.2 Å². The van der Waals surface area contributed by atoms with Crippen LogP contribution in [-0.4, -0.2) is 11.9 Å². The first-order valence-corrected chi connectivity index (χ1v) is 3.22. The second kappa shape index (κ2) is 13.6. The zero-order valence-corrected chi connectivity index (χ0v) is 10.6. The molecule has 0 fully saturated rings. The normalized spacial score (nSPS) is 8.77. The van der Waals surface area contributed by atoms with E-state index in [0.717, 1.165) is 12.2 Å². The van der Waals surface area contributed by atoms with Crippen LogP contribution >= 0.6 is 0 Å². The third-order valence-electron chi connectivity index (χ3n) is 0.605. The summed E-state index contributed by atoms with van der Waals surface area (Å²) in [5, 5.41) is 18.8. The Bertz CT molecular complexity index is 174. The molecule has 0 spiro atoms. The van der Waals surface area contributed by atoms with Crippen LogP contribution < -0.4 is 10.2 Å². The molecule has 0 heterocycles. The van der Waals surface area contributed by atoms with Crippen molar-refractivity contribution in [2.24, 2.45) is 0 Å². The van der Waals surface area contributed by atoms with E-state index in [9.17, 15) is 19.8 Å². The van der Waals surface area contributed by atoms with Gasteiger partial charge in [0, 0.05) is 0 Å². The van der Waals surface area contributed by atoms with E-state index in [1.807, 2.05) is 0 Å². The fourth-order valence-corrected chi connectivity index (χ4v) is 0.272. The molecule has 0 atom stereocenters. The Labute approximate surface area is 89.7 Å². The summed E-state index contributed by atoms with van der Waals surface area (Å²) in [6.45, 7) is 3.24. The Balaban J connectivity index is -0.000000143. The van der Waals surface area contributed by atoms with Crippen LogP contribution in [0.15, 0.2) is 24.3 Å². The fourth-order valence-electron chi connectivity index (χ4n) is 0.272. The molecule has 0 saturated carbocycles. The average molecular weight is 236 g/mol. The first-order valence-electron chi connectivity index (χ1n) is 3.22. The molecule has 0 unspecified atom stereocenters. The van der Waals surface area contributed by atoms with Gasteiger partial charge in [0.2, 0.25) is 0 Å². The monoisotopic (exact) mass is 234 g/mol. The Hall–Kier alpha value is -0.957. The fraction of sp³-hybridized carbons (Fsp3) is 0.250. The molecule has 0 aliphatic heterocycles. The van der Waals surface area contributed by atoms with E-state index in [4.69, 9.17) is 0 Å². The van der Waals surface area contributed by atoms with Gasteiger partial charge in [0.15, 0.2) is 0 Å². The van der Waals surface area contributed by atoms with Gasteiger partial charge >= 0.3 is 19.5 Å². The van der Waals surface area contributed by atoms with Crippen LogP contribution in [-0.2, 0) is 29.1 Å². The maximum atomic E-state index is 9.40. The number of allylic oxidation sites excluding steroid dienone is 2. The van der Waals surface area contributed by atoms with Gasteiger partial charge < -0.3 is 19.8 Å². The van der Waals surface area contributed by atoms with Crippen LogP contribution in [0.1, 0.15) is 13.8 Å². The molecule has 0 aromatic carbocycles. The van der Waals surface area contributed by atoms with E-state index in [0.29, 0.717) is 0 Å². The Kier molecular flexibility index (Phi) is 18.8. The molecule has 0 rings (SSSR count). The summed E-state index contributed by atoms with van der Waals surface area (Å²) in [4.78, 5) is 18.8. The number of rotatable bonds is 2. The van der Waals surface area contributed by atoms with Crippen molar-refractivity contribution in [2.75, 3.05) is 0 Å². The van der Waals surface area contributed by atoms with Crippen LogP contribution in [0.2, 0.25) is 0 Å². The number of carboxylic acids is 2. The van der Waals surface area contributed by atoms with Crippen LogP contribution in [0, 0.1) is 0 Å². The molecule has 0 N–H and O–H groups in total. The van der Waals surface area contributed by atoms with Crippen LogP contribution in [0.5, 0.6) is 0 Å². The summed E-state index contributed by atoms with van der Waals surface area (Å²) in [7, 11) is 0. The zero-order valence-electron chi connectivity index (χ0n) is 7.65. The third-order valence-corrected chi connectivity index (χ3v) is 0.605.